The Morgan fingerprint density at radius 2 is 1.95 bits per heavy atom. The lowest BCUT2D eigenvalue weighted by molar-refractivity contribution is 0.668. The first-order chi connectivity index (χ1) is 10.8. The summed E-state index contributed by atoms with van der Waals surface area (Å²) in [6.45, 7) is 2.23. The van der Waals surface area contributed by atoms with Crippen LogP contribution in [0.25, 0.3) is 22.3 Å². The van der Waals surface area contributed by atoms with Crippen molar-refractivity contribution in [3.05, 3.63) is 36.3 Å². The van der Waals surface area contributed by atoms with Crippen LogP contribution in [0.15, 0.2) is 30.7 Å². The van der Waals surface area contributed by atoms with E-state index in [0.717, 1.165) is 28.7 Å². The molecule has 3 aromatic rings. The molecule has 0 fully saturated rings. The van der Waals surface area contributed by atoms with E-state index in [9.17, 15) is 0 Å². The number of fused-ring (bicyclic) bond motifs is 1. The number of hydrogen-bond acceptors (Lipinski definition) is 4. The second kappa shape index (κ2) is 6.56. The van der Waals surface area contributed by atoms with Crippen LogP contribution in [-0.4, -0.2) is 19.9 Å². The molecule has 3 heterocycles. The lowest BCUT2D eigenvalue weighted by Crippen LogP contribution is -1.95. The van der Waals surface area contributed by atoms with E-state index in [2.05, 4.69) is 32.9 Å². The second-order valence-corrected chi connectivity index (χ2v) is 5.51. The van der Waals surface area contributed by atoms with Gasteiger partial charge in [0.05, 0.1) is 5.69 Å². The molecule has 5 heteroatoms. The van der Waals surface area contributed by atoms with Crippen molar-refractivity contribution in [3.63, 3.8) is 0 Å². The third-order valence-electron chi connectivity index (χ3n) is 3.91. The molecule has 3 N–H and O–H groups in total. The predicted molar refractivity (Wildman–Crippen MR) is 89.4 cm³/mol. The van der Waals surface area contributed by atoms with Gasteiger partial charge in [0, 0.05) is 29.5 Å². The molecule has 0 amide bonds. The third-order valence-corrected chi connectivity index (χ3v) is 3.91. The monoisotopic (exact) mass is 295 g/mol. The van der Waals surface area contributed by atoms with Crippen molar-refractivity contribution >= 4 is 17.0 Å². The summed E-state index contributed by atoms with van der Waals surface area (Å²) >= 11 is 0. The number of nitrogens with two attached hydrogens (primary N) is 1. The van der Waals surface area contributed by atoms with E-state index in [1.807, 2.05) is 18.5 Å². The van der Waals surface area contributed by atoms with Crippen LogP contribution in [0, 0.1) is 0 Å². The summed E-state index contributed by atoms with van der Waals surface area (Å²) in [5.41, 5.74) is 9.81. The number of aryl methyl sites for hydroxylation is 1. The Bertz CT molecular complexity index is 763. The molecule has 0 saturated carbocycles. The number of nitrogens with zero attached hydrogens (tertiary/aromatic N) is 3. The van der Waals surface area contributed by atoms with Crippen molar-refractivity contribution < 1.29 is 0 Å². The Kier molecular flexibility index (Phi) is 4.32. The average molecular weight is 295 g/mol. The molecule has 0 aliphatic heterocycles. The molecule has 5 nitrogen and oxygen atoms in total. The van der Waals surface area contributed by atoms with Gasteiger partial charge in [0.2, 0.25) is 5.95 Å². The van der Waals surface area contributed by atoms with Gasteiger partial charge in [0.25, 0.3) is 0 Å². The highest BCUT2D eigenvalue weighted by Crippen LogP contribution is 2.30. The Labute approximate surface area is 130 Å². The number of pyridine rings is 1. The van der Waals surface area contributed by atoms with Gasteiger partial charge in [0.1, 0.15) is 5.65 Å². The molecule has 0 aromatic carbocycles. The topological polar surface area (TPSA) is 80.5 Å². The minimum atomic E-state index is 0.292. The largest absolute Gasteiger partial charge is 0.368 e. The number of aromatic amines is 1. The van der Waals surface area contributed by atoms with Crippen LogP contribution in [0.4, 0.5) is 5.95 Å². The van der Waals surface area contributed by atoms with Crippen LogP contribution >= 0.6 is 0 Å². The first-order valence-electron chi connectivity index (χ1n) is 7.83. The SMILES string of the molecule is CCCCCCc1ccnc2[nH]cc(-c3ccnc(N)n3)c12. The highest BCUT2D eigenvalue weighted by Gasteiger charge is 2.12. The molecule has 3 aromatic heterocycles. The maximum Gasteiger partial charge on any atom is 0.220 e. The van der Waals surface area contributed by atoms with Crippen molar-refractivity contribution in [2.75, 3.05) is 5.73 Å². The maximum absolute atomic E-state index is 5.71. The molecule has 3 rings (SSSR count). The highest BCUT2D eigenvalue weighted by molar-refractivity contribution is 5.95. The van der Waals surface area contributed by atoms with E-state index >= 15 is 0 Å². The Hall–Kier alpha value is -2.43. The zero-order chi connectivity index (χ0) is 15.4. The summed E-state index contributed by atoms with van der Waals surface area (Å²) < 4.78 is 0. The fraction of sp³-hybridized carbons (Fsp3) is 0.353. The lowest BCUT2D eigenvalue weighted by Gasteiger charge is -2.06. The van der Waals surface area contributed by atoms with Crippen molar-refractivity contribution in [3.8, 4) is 11.3 Å². The Balaban J connectivity index is 1.97. The molecule has 0 aliphatic rings. The molecule has 0 unspecified atom stereocenters. The predicted octanol–water partition coefficient (Wildman–Crippen LogP) is 3.72. The number of rotatable bonds is 6. The summed E-state index contributed by atoms with van der Waals surface area (Å²) in [7, 11) is 0. The minimum absolute atomic E-state index is 0.292. The van der Waals surface area contributed by atoms with Gasteiger partial charge in [-0.15, -0.1) is 0 Å². The quantitative estimate of drug-likeness (QED) is 0.679. The maximum atomic E-state index is 5.71. The van der Waals surface area contributed by atoms with Crippen molar-refractivity contribution in [1.29, 1.82) is 0 Å². The zero-order valence-electron chi connectivity index (χ0n) is 12.8. The number of hydrogen-bond donors (Lipinski definition) is 2. The summed E-state index contributed by atoms with van der Waals surface area (Å²) in [6.07, 6.45) is 11.6. The zero-order valence-corrected chi connectivity index (χ0v) is 12.8. The van der Waals surface area contributed by atoms with Gasteiger partial charge in [-0.2, -0.15) is 0 Å². The molecular weight excluding hydrogens is 274 g/mol. The number of unbranched alkanes of at least 4 members (excludes halogenated alkanes) is 3. The molecule has 0 saturated heterocycles. The number of nitrogens with one attached hydrogen (secondary N) is 1. The molecule has 0 radical (unpaired) electrons. The smallest absolute Gasteiger partial charge is 0.220 e. The summed E-state index contributed by atoms with van der Waals surface area (Å²) in [5.74, 6) is 0.292. The van der Waals surface area contributed by atoms with Crippen LogP contribution in [0.3, 0.4) is 0 Å². The van der Waals surface area contributed by atoms with Gasteiger partial charge in [-0.1, -0.05) is 26.2 Å². The van der Waals surface area contributed by atoms with Crippen molar-refractivity contribution in [2.45, 2.75) is 39.0 Å². The minimum Gasteiger partial charge on any atom is -0.368 e. The summed E-state index contributed by atoms with van der Waals surface area (Å²) in [5, 5.41) is 1.15. The van der Waals surface area contributed by atoms with Crippen LogP contribution in [-0.2, 0) is 6.42 Å². The first kappa shape index (κ1) is 14.5. The van der Waals surface area contributed by atoms with Gasteiger partial charge in [0.15, 0.2) is 0 Å². The Morgan fingerprint density at radius 1 is 1.09 bits per heavy atom. The fourth-order valence-corrected chi connectivity index (χ4v) is 2.80. The fourth-order valence-electron chi connectivity index (χ4n) is 2.80. The Morgan fingerprint density at radius 3 is 2.77 bits per heavy atom. The van der Waals surface area contributed by atoms with Gasteiger partial charge in [-0.3, -0.25) is 0 Å². The van der Waals surface area contributed by atoms with E-state index < -0.39 is 0 Å². The normalized spacial score (nSPS) is 11.1. The summed E-state index contributed by atoms with van der Waals surface area (Å²) in [6, 6.07) is 3.99. The highest BCUT2D eigenvalue weighted by atomic mass is 15.0. The molecule has 114 valence electrons. The number of aromatic nitrogens is 4. The van der Waals surface area contributed by atoms with Crippen LogP contribution in [0.2, 0.25) is 0 Å². The molecule has 0 bridgehead atoms. The molecule has 0 aliphatic carbocycles. The van der Waals surface area contributed by atoms with E-state index in [1.165, 1.54) is 31.2 Å². The van der Waals surface area contributed by atoms with E-state index in [1.54, 1.807) is 6.20 Å². The van der Waals surface area contributed by atoms with Gasteiger partial charge in [-0.25, -0.2) is 15.0 Å². The van der Waals surface area contributed by atoms with Crippen molar-refractivity contribution in [1.82, 2.24) is 19.9 Å². The summed E-state index contributed by atoms with van der Waals surface area (Å²) in [4.78, 5) is 16.0. The third kappa shape index (κ3) is 2.93. The number of H-pyrrole nitrogens is 1. The van der Waals surface area contributed by atoms with Crippen LogP contribution < -0.4 is 5.73 Å². The number of anilines is 1. The molecular formula is C17H21N5. The van der Waals surface area contributed by atoms with Crippen LogP contribution in [0.5, 0.6) is 0 Å². The van der Waals surface area contributed by atoms with Gasteiger partial charge in [-0.05, 0) is 30.5 Å². The van der Waals surface area contributed by atoms with E-state index in [0.29, 0.717) is 5.95 Å². The van der Waals surface area contributed by atoms with Crippen molar-refractivity contribution in [2.24, 2.45) is 0 Å². The molecule has 0 atom stereocenters. The molecule has 0 spiro atoms. The van der Waals surface area contributed by atoms with Crippen LogP contribution in [0.1, 0.15) is 38.2 Å². The standard InChI is InChI=1S/C17H21N5/c1-2-3-4-5-6-12-7-9-19-16-15(12)13(11-21-16)14-8-10-20-17(18)22-14/h7-11H,2-6H2,1H3,(H,19,21)(H2,18,20,22). The number of nitrogen functional groups attached to an aromatic ring is 1. The first-order valence-corrected chi connectivity index (χ1v) is 7.83. The lowest BCUT2D eigenvalue weighted by atomic mass is 10.0. The second-order valence-electron chi connectivity index (χ2n) is 5.51. The molecule has 22 heavy (non-hydrogen) atoms. The average Bonchev–Trinajstić information content (AvgIpc) is 2.96. The van der Waals surface area contributed by atoms with Gasteiger partial charge < -0.3 is 10.7 Å². The van der Waals surface area contributed by atoms with E-state index in [4.69, 9.17) is 5.73 Å². The van der Waals surface area contributed by atoms with Gasteiger partial charge >= 0.3 is 0 Å². The van der Waals surface area contributed by atoms with E-state index in [-0.39, 0.29) is 0 Å².